The zero-order valence-corrected chi connectivity index (χ0v) is 13.7. The van der Waals surface area contributed by atoms with Gasteiger partial charge in [0.2, 0.25) is 0 Å². The highest BCUT2D eigenvalue weighted by atomic mass is 16.2. The maximum Gasteiger partial charge on any atom is 0.262 e. The van der Waals surface area contributed by atoms with E-state index in [9.17, 15) is 4.79 Å². The predicted octanol–water partition coefficient (Wildman–Crippen LogP) is 5.44. The Hall–Kier alpha value is -2.87. The molecule has 0 fully saturated rings. The Kier molecular flexibility index (Phi) is 3.66. The fourth-order valence-electron chi connectivity index (χ4n) is 3.44. The maximum atomic E-state index is 13.2. The average molecular weight is 313 g/mol. The second kappa shape index (κ2) is 5.97. The van der Waals surface area contributed by atoms with Crippen LogP contribution >= 0.6 is 0 Å². The van der Waals surface area contributed by atoms with Crippen molar-refractivity contribution in [2.24, 2.45) is 0 Å². The van der Waals surface area contributed by atoms with E-state index >= 15 is 0 Å². The van der Waals surface area contributed by atoms with Crippen LogP contribution in [-0.2, 0) is 6.42 Å². The number of aromatic nitrogens is 1. The summed E-state index contributed by atoms with van der Waals surface area (Å²) < 4.78 is 1.77. The fourth-order valence-corrected chi connectivity index (χ4v) is 3.44. The number of carbonyl (C=O) groups is 1. The number of fused-ring (bicyclic) bond motifs is 2. The standard InChI is InChI=1S/C22H19NO/c1-2-7-16-10-6-13-21-19(16)14-15-23(21)22(24)20-12-5-9-17-8-3-4-11-18(17)20/h3-6,8-15H,2,7H2,1H3. The van der Waals surface area contributed by atoms with E-state index in [1.54, 1.807) is 4.57 Å². The first kappa shape index (κ1) is 14.7. The number of hydrogen-bond acceptors (Lipinski definition) is 1. The van der Waals surface area contributed by atoms with Gasteiger partial charge in [-0.2, -0.15) is 0 Å². The average Bonchev–Trinajstić information content (AvgIpc) is 3.06. The van der Waals surface area contributed by atoms with Crippen LogP contribution in [0.1, 0.15) is 29.3 Å². The summed E-state index contributed by atoms with van der Waals surface area (Å²) in [5.74, 6) is 0.0236. The van der Waals surface area contributed by atoms with Gasteiger partial charge in [0, 0.05) is 17.1 Å². The van der Waals surface area contributed by atoms with Gasteiger partial charge in [-0.25, -0.2) is 0 Å². The third-order valence-electron chi connectivity index (χ3n) is 4.58. The first-order chi connectivity index (χ1) is 11.8. The monoisotopic (exact) mass is 313 g/mol. The molecule has 0 aliphatic rings. The molecule has 4 rings (SSSR count). The van der Waals surface area contributed by atoms with Crippen molar-refractivity contribution in [3.8, 4) is 0 Å². The minimum atomic E-state index is 0.0236. The van der Waals surface area contributed by atoms with Crippen molar-refractivity contribution in [1.82, 2.24) is 4.57 Å². The lowest BCUT2D eigenvalue weighted by Gasteiger charge is -2.08. The van der Waals surface area contributed by atoms with Crippen LogP contribution in [0.2, 0.25) is 0 Å². The van der Waals surface area contributed by atoms with Gasteiger partial charge in [0.1, 0.15) is 0 Å². The third-order valence-corrected chi connectivity index (χ3v) is 4.58. The van der Waals surface area contributed by atoms with Crippen molar-refractivity contribution in [2.75, 3.05) is 0 Å². The number of aryl methyl sites for hydroxylation is 1. The molecule has 1 aromatic heterocycles. The van der Waals surface area contributed by atoms with Gasteiger partial charge in [0.15, 0.2) is 0 Å². The van der Waals surface area contributed by atoms with Crippen LogP contribution in [-0.4, -0.2) is 10.5 Å². The van der Waals surface area contributed by atoms with Gasteiger partial charge in [0.05, 0.1) is 5.52 Å². The van der Waals surface area contributed by atoms with Crippen molar-refractivity contribution < 1.29 is 4.79 Å². The summed E-state index contributed by atoms with van der Waals surface area (Å²) in [6.07, 6.45) is 4.03. The van der Waals surface area contributed by atoms with Crippen LogP contribution < -0.4 is 0 Å². The van der Waals surface area contributed by atoms with Crippen molar-refractivity contribution in [1.29, 1.82) is 0 Å². The summed E-state index contributed by atoms with van der Waals surface area (Å²) in [6.45, 7) is 2.18. The summed E-state index contributed by atoms with van der Waals surface area (Å²) in [6, 6.07) is 22.2. The molecule has 24 heavy (non-hydrogen) atoms. The second-order valence-electron chi connectivity index (χ2n) is 6.12. The highest BCUT2D eigenvalue weighted by molar-refractivity contribution is 6.10. The lowest BCUT2D eigenvalue weighted by Crippen LogP contribution is -2.11. The summed E-state index contributed by atoms with van der Waals surface area (Å²) in [5.41, 5.74) is 3.03. The molecule has 2 heteroatoms. The van der Waals surface area contributed by atoms with Gasteiger partial charge in [-0.1, -0.05) is 61.9 Å². The van der Waals surface area contributed by atoms with Crippen molar-refractivity contribution in [3.05, 3.63) is 84.1 Å². The van der Waals surface area contributed by atoms with E-state index in [2.05, 4.69) is 19.1 Å². The Bertz CT molecular complexity index is 1040. The Morgan fingerprint density at radius 2 is 1.67 bits per heavy atom. The Morgan fingerprint density at radius 1 is 0.875 bits per heavy atom. The Morgan fingerprint density at radius 3 is 2.54 bits per heavy atom. The number of rotatable bonds is 3. The van der Waals surface area contributed by atoms with E-state index in [-0.39, 0.29) is 5.91 Å². The molecule has 0 saturated heterocycles. The van der Waals surface area contributed by atoms with Crippen LogP contribution in [0.15, 0.2) is 72.9 Å². The van der Waals surface area contributed by atoms with Crippen molar-refractivity contribution in [2.45, 2.75) is 19.8 Å². The molecule has 0 spiro atoms. The quantitative estimate of drug-likeness (QED) is 0.494. The van der Waals surface area contributed by atoms with E-state index in [0.717, 1.165) is 34.7 Å². The summed E-state index contributed by atoms with van der Waals surface area (Å²) in [7, 11) is 0. The van der Waals surface area contributed by atoms with E-state index in [1.165, 1.54) is 10.9 Å². The van der Waals surface area contributed by atoms with Crippen molar-refractivity contribution >= 4 is 27.6 Å². The fraction of sp³-hybridized carbons (Fsp3) is 0.136. The predicted molar refractivity (Wildman–Crippen MR) is 99.6 cm³/mol. The SMILES string of the molecule is CCCc1cccc2c1ccn2C(=O)c1cccc2ccccc12. The Labute approximate surface area is 141 Å². The summed E-state index contributed by atoms with van der Waals surface area (Å²) in [5, 5.41) is 3.26. The van der Waals surface area contributed by atoms with Gasteiger partial charge < -0.3 is 0 Å². The first-order valence-corrected chi connectivity index (χ1v) is 8.41. The highest BCUT2D eigenvalue weighted by Crippen LogP contribution is 2.25. The molecule has 0 aliphatic carbocycles. The molecule has 2 nitrogen and oxygen atoms in total. The number of hydrogen-bond donors (Lipinski definition) is 0. The smallest absolute Gasteiger partial charge is 0.262 e. The lowest BCUT2D eigenvalue weighted by molar-refractivity contribution is 0.0966. The molecular weight excluding hydrogens is 294 g/mol. The molecule has 0 aliphatic heterocycles. The molecule has 1 heterocycles. The molecule has 4 aromatic rings. The molecule has 0 radical (unpaired) electrons. The largest absolute Gasteiger partial charge is 0.283 e. The van der Waals surface area contributed by atoms with Gasteiger partial charge in [0.25, 0.3) is 5.91 Å². The first-order valence-electron chi connectivity index (χ1n) is 8.41. The van der Waals surface area contributed by atoms with E-state index in [1.807, 2.05) is 60.8 Å². The minimum Gasteiger partial charge on any atom is -0.283 e. The molecular formula is C22H19NO. The molecule has 0 amide bonds. The molecule has 0 saturated carbocycles. The number of carbonyl (C=O) groups excluding carboxylic acids is 1. The topological polar surface area (TPSA) is 22.0 Å². The van der Waals surface area contributed by atoms with Crippen LogP contribution in [0.3, 0.4) is 0 Å². The van der Waals surface area contributed by atoms with E-state index in [0.29, 0.717) is 0 Å². The number of benzene rings is 3. The Balaban J connectivity index is 1.88. The van der Waals surface area contributed by atoms with Crippen molar-refractivity contribution in [3.63, 3.8) is 0 Å². The molecule has 118 valence electrons. The third kappa shape index (κ3) is 2.31. The molecule has 0 unspecified atom stereocenters. The lowest BCUT2D eigenvalue weighted by atomic mass is 10.0. The second-order valence-corrected chi connectivity index (χ2v) is 6.12. The van der Waals surface area contributed by atoms with Crippen LogP contribution in [0.5, 0.6) is 0 Å². The molecule has 0 N–H and O–H groups in total. The maximum absolute atomic E-state index is 13.2. The van der Waals surface area contributed by atoms with Crippen LogP contribution in [0.25, 0.3) is 21.7 Å². The van der Waals surface area contributed by atoms with Crippen LogP contribution in [0.4, 0.5) is 0 Å². The molecule has 0 bridgehead atoms. The summed E-state index contributed by atoms with van der Waals surface area (Å²) >= 11 is 0. The highest BCUT2D eigenvalue weighted by Gasteiger charge is 2.15. The zero-order chi connectivity index (χ0) is 16.5. The zero-order valence-electron chi connectivity index (χ0n) is 13.7. The summed E-state index contributed by atoms with van der Waals surface area (Å²) in [4.78, 5) is 13.2. The van der Waals surface area contributed by atoms with E-state index < -0.39 is 0 Å². The van der Waals surface area contributed by atoms with Gasteiger partial charge in [-0.3, -0.25) is 9.36 Å². The van der Waals surface area contributed by atoms with E-state index in [4.69, 9.17) is 0 Å². The van der Waals surface area contributed by atoms with Gasteiger partial charge in [-0.15, -0.1) is 0 Å². The molecule has 0 atom stereocenters. The van der Waals surface area contributed by atoms with Crippen LogP contribution in [0, 0.1) is 0 Å². The van der Waals surface area contributed by atoms with Gasteiger partial charge in [-0.05, 0) is 41.0 Å². The van der Waals surface area contributed by atoms with Gasteiger partial charge >= 0.3 is 0 Å². The number of nitrogens with zero attached hydrogens (tertiary/aromatic N) is 1. The minimum absolute atomic E-state index is 0.0236. The normalized spacial score (nSPS) is 11.2. The molecule has 3 aromatic carbocycles.